The number of carbonyl (C=O) groups excluding carboxylic acids is 1. The molecule has 5 nitrogen and oxygen atoms in total. The van der Waals surface area contributed by atoms with Gasteiger partial charge in [-0.05, 0) is 89.1 Å². The van der Waals surface area contributed by atoms with Gasteiger partial charge < -0.3 is 19.7 Å². The fourth-order valence-corrected chi connectivity index (χ4v) is 3.43. The summed E-state index contributed by atoms with van der Waals surface area (Å²) in [6, 6.07) is 10.2. The minimum absolute atomic E-state index is 0.0637. The lowest BCUT2D eigenvalue weighted by Crippen LogP contribution is -1.97. The normalized spacial score (nSPS) is 15.5. The van der Waals surface area contributed by atoms with Crippen LogP contribution in [0.2, 0.25) is 0 Å². The third-order valence-electron chi connectivity index (χ3n) is 5.39. The van der Waals surface area contributed by atoms with Crippen molar-refractivity contribution in [3.63, 3.8) is 0 Å². The van der Waals surface area contributed by atoms with Crippen LogP contribution in [0.25, 0.3) is 12.2 Å². The van der Waals surface area contributed by atoms with Gasteiger partial charge in [0.15, 0.2) is 5.78 Å². The number of carbonyl (C=O) groups is 1. The summed E-state index contributed by atoms with van der Waals surface area (Å²) in [5, 5.41) is 20.8. The van der Waals surface area contributed by atoms with Crippen molar-refractivity contribution in [2.45, 2.75) is 40.5 Å². The number of rotatable bonds is 8. The second-order valence-corrected chi connectivity index (χ2v) is 8.79. The Morgan fingerprint density at radius 1 is 0.765 bits per heavy atom. The lowest BCUT2D eigenvalue weighted by atomic mass is 10.1. The molecular weight excluding hydrogens is 428 g/mol. The molecule has 5 heteroatoms. The van der Waals surface area contributed by atoms with E-state index in [1.807, 2.05) is 39.8 Å². The lowest BCUT2D eigenvalue weighted by Gasteiger charge is -2.07. The highest BCUT2D eigenvalue weighted by atomic mass is 16.5. The van der Waals surface area contributed by atoms with Crippen molar-refractivity contribution in [1.29, 1.82) is 0 Å². The van der Waals surface area contributed by atoms with Gasteiger partial charge in [-0.15, -0.1) is 0 Å². The largest absolute Gasteiger partial charge is 0.507 e. The number of phenols is 2. The third-order valence-corrected chi connectivity index (χ3v) is 5.39. The molecule has 2 N–H and O–H groups in total. The number of ketones is 1. The molecule has 2 aromatic carbocycles. The van der Waals surface area contributed by atoms with Gasteiger partial charge in [-0.3, -0.25) is 4.79 Å². The SMILES string of the molecule is CC(C)=CCOc1ccc(/C=C2\CC/C(=C\c3ccc(OCC=C(C)C)cc3O)C2=O)c(O)c1. The summed E-state index contributed by atoms with van der Waals surface area (Å²) >= 11 is 0. The molecule has 0 aliphatic heterocycles. The lowest BCUT2D eigenvalue weighted by molar-refractivity contribution is -0.111. The Morgan fingerprint density at radius 2 is 1.18 bits per heavy atom. The Morgan fingerprint density at radius 3 is 1.53 bits per heavy atom. The van der Waals surface area contributed by atoms with Gasteiger partial charge in [0, 0.05) is 34.4 Å². The molecule has 34 heavy (non-hydrogen) atoms. The van der Waals surface area contributed by atoms with Crippen LogP contribution in [0.1, 0.15) is 51.7 Å². The Balaban J connectivity index is 1.70. The number of aromatic hydroxyl groups is 2. The maximum absolute atomic E-state index is 12.9. The van der Waals surface area contributed by atoms with E-state index in [9.17, 15) is 15.0 Å². The maximum atomic E-state index is 12.9. The van der Waals surface area contributed by atoms with E-state index in [1.54, 1.807) is 48.6 Å². The van der Waals surface area contributed by atoms with Crippen molar-refractivity contribution in [2.24, 2.45) is 0 Å². The zero-order valence-corrected chi connectivity index (χ0v) is 20.2. The van der Waals surface area contributed by atoms with Crippen LogP contribution >= 0.6 is 0 Å². The van der Waals surface area contributed by atoms with E-state index in [2.05, 4.69) is 0 Å². The Kier molecular flexibility index (Phi) is 8.36. The van der Waals surface area contributed by atoms with Crippen molar-refractivity contribution < 1.29 is 24.5 Å². The average molecular weight is 461 g/mol. The minimum Gasteiger partial charge on any atom is -0.507 e. The van der Waals surface area contributed by atoms with Crippen LogP contribution in [0.4, 0.5) is 0 Å². The zero-order chi connectivity index (χ0) is 24.7. The van der Waals surface area contributed by atoms with Gasteiger partial charge in [-0.25, -0.2) is 0 Å². The molecule has 0 aromatic heterocycles. The first kappa shape index (κ1) is 24.9. The molecule has 0 unspecified atom stereocenters. The Labute approximate surface area is 201 Å². The molecule has 2 aromatic rings. The first-order chi connectivity index (χ1) is 16.2. The summed E-state index contributed by atoms with van der Waals surface area (Å²) in [7, 11) is 0. The van der Waals surface area contributed by atoms with Gasteiger partial charge in [0.1, 0.15) is 36.2 Å². The number of benzene rings is 2. The number of hydrogen-bond acceptors (Lipinski definition) is 5. The van der Waals surface area contributed by atoms with E-state index in [0.717, 1.165) is 11.1 Å². The number of ether oxygens (including phenoxy) is 2. The van der Waals surface area contributed by atoms with E-state index in [-0.39, 0.29) is 17.3 Å². The van der Waals surface area contributed by atoms with Crippen LogP contribution < -0.4 is 9.47 Å². The van der Waals surface area contributed by atoms with Crippen molar-refractivity contribution in [2.75, 3.05) is 13.2 Å². The van der Waals surface area contributed by atoms with Crippen molar-refractivity contribution in [3.05, 3.63) is 82.0 Å². The minimum atomic E-state index is -0.0773. The summed E-state index contributed by atoms with van der Waals surface area (Å²) in [6.45, 7) is 8.85. The summed E-state index contributed by atoms with van der Waals surface area (Å²) < 4.78 is 11.2. The highest BCUT2D eigenvalue weighted by molar-refractivity contribution is 6.15. The van der Waals surface area contributed by atoms with Crippen LogP contribution in [0.15, 0.2) is 70.8 Å². The predicted octanol–water partition coefficient (Wildman–Crippen LogP) is 6.62. The number of hydrogen-bond donors (Lipinski definition) is 2. The standard InChI is InChI=1S/C29H32O5/c1-19(2)11-13-33-25-9-7-21(27(30)17-25)15-23-5-6-24(29(23)32)16-22-8-10-26(18-28(22)31)34-14-12-20(3)4/h7-12,15-18,30-31H,5-6,13-14H2,1-4H3/b23-15+,24-16+. The second-order valence-electron chi connectivity index (χ2n) is 8.79. The molecule has 0 atom stereocenters. The van der Waals surface area contributed by atoms with Crippen LogP contribution in [0, 0.1) is 0 Å². The molecule has 1 aliphatic carbocycles. The quantitative estimate of drug-likeness (QED) is 0.342. The topological polar surface area (TPSA) is 76.0 Å². The summed E-state index contributed by atoms with van der Waals surface area (Å²) in [6.07, 6.45) is 8.51. The highest BCUT2D eigenvalue weighted by Gasteiger charge is 2.23. The van der Waals surface area contributed by atoms with E-state index < -0.39 is 0 Å². The van der Waals surface area contributed by atoms with Crippen LogP contribution in [-0.2, 0) is 4.79 Å². The van der Waals surface area contributed by atoms with Gasteiger partial charge in [-0.2, -0.15) is 0 Å². The van der Waals surface area contributed by atoms with E-state index in [4.69, 9.17) is 9.47 Å². The monoisotopic (exact) mass is 460 g/mol. The molecule has 0 radical (unpaired) electrons. The van der Waals surface area contributed by atoms with Crippen LogP contribution in [0.5, 0.6) is 23.0 Å². The van der Waals surface area contributed by atoms with Crippen LogP contribution in [0.3, 0.4) is 0 Å². The van der Waals surface area contributed by atoms with E-state index in [0.29, 0.717) is 59.8 Å². The van der Waals surface area contributed by atoms with Crippen molar-refractivity contribution in [1.82, 2.24) is 0 Å². The molecule has 3 rings (SSSR count). The average Bonchev–Trinajstić information content (AvgIpc) is 3.10. The zero-order valence-electron chi connectivity index (χ0n) is 20.2. The van der Waals surface area contributed by atoms with Crippen LogP contribution in [-0.4, -0.2) is 29.2 Å². The Hall–Kier alpha value is -3.73. The second kappa shape index (κ2) is 11.4. The summed E-state index contributed by atoms with van der Waals surface area (Å²) in [5.74, 6) is 1.19. The van der Waals surface area contributed by atoms with E-state index in [1.165, 1.54) is 0 Å². The maximum Gasteiger partial charge on any atom is 0.185 e. The third kappa shape index (κ3) is 6.88. The first-order valence-corrected chi connectivity index (χ1v) is 11.4. The number of phenolic OH excluding ortho intramolecular Hbond substituents is 2. The van der Waals surface area contributed by atoms with E-state index >= 15 is 0 Å². The smallest absolute Gasteiger partial charge is 0.185 e. The van der Waals surface area contributed by atoms with Gasteiger partial charge in [0.05, 0.1) is 0 Å². The predicted molar refractivity (Wildman–Crippen MR) is 136 cm³/mol. The summed E-state index contributed by atoms with van der Waals surface area (Å²) in [5.41, 5.74) is 4.71. The summed E-state index contributed by atoms with van der Waals surface area (Å²) in [4.78, 5) is 12.9. The fraction of sp³-hybridized carbons (Fsp3) is 0.276. The van der Waals surface area contributed by atoms with Crippen molar-refractivity contribution >= 4 is 17.9 Å². The van der Waals surface area contributed by atoms with Gasteiger partial charge in [0.25, 0.3) is 0 Å². The fourth-order valence-electron chi connectivity index (χ4n) is 3.43. The van der Waals surface area contributed by atoms with Gasteiger partial charge in [0.2, 0.25) is 0 Å². The Bertz CT molecular complexity index is 1080. The molecule has 0 heterocycles. The molecule has 0 saturated heterocycles. The molecule has 178 valence electrons. The highest BCUT2D eigenvalue weighted by Crippen LogP contribution is 2.34. The van der Waals surface area contributed by atoms with Gasteiger partial charge in [-0.1, -0.05) is 11.1 Å². The van der Waals surface area contributed by atoms with Crippen molar-refractivity contribution in [3.8, 4) is 23.0 Å². The molecule has 1 fully saturated rings. The molecule has 0 amide bonds. The number of Topliss-reactive ketones (excluding diaryl/α,β-unsaturated/α-hetero) is 1. The molecule has 1 saturated carbocycles. The number of allylic oxidation sites excluding steroid dienone is 4. The molecule has 0 bridgehead atoms. The molecule has 1 aliphatic rings. The first-order valence-electron chi connectivity index (χ1n) is 11.4. The molecule has 0 spiro atoms. The molecular formula is C29H32O5. The van der Waals surface area contributed by atoms with Gasteiger partial charge >= 0.3 is 0 Å².